The maximum Gasteiger partial charge on any atom is 0.341 e. The van der Waals surface area contributed by atoms with Gasteiger partial charge in [-0.15, -0.1) is 0 Å². The van der Waals surface area contributed by atoms with E-state index < -0.39 is 72.1 Å². The molecule has 0 aromatic heterocycles. The van der Waals surface area contributed by atoms with Crippen LogP contribution in [0.4, 0.5) is 22.7 Å². The molecule has 26 nitrogen and oxygen atoms in total. The van der Waals surface area contributed by atoms with Crippen molar-refractivity contribution in [1.29, 1.82) is 0 Å². The molecule has 4 atom stereocenters. The maximum absolute atomic E-state index is 14.3. The first-order valence-electron chi connectivity index (χ1n) is 27.6. The maximum atomic E-state index is 14.3. The summed E-state index contributed by atoms with van der Waals surface area (Å²) in [6.07, 6.45) is 5.24. The normalized spacial score (nSPS) is 12.2. The molecular weight excluding hydrogens is 1090 g/mol. The van der Waals surface area contributed by atoms with Crippen LogP contribution in [0.15, 0.2) is 72.8 Å². The van der Waals surface area contributed by atoms with Gasteiger partial charge in [-0.2, -0.15) is 0 Å². The van der Waals surface area contributed by atoms with Gasteiger partial charge in [0.05, 0.1) is 43.6 Å². The molecule has 8 amide bonds. The van der Waals surface area contributed by atoms with Crippen LogP contribution >= 0.6 is 0 Å². The fraction of sp³-hybridized carbons (Fsp3) is 0.431. The number of carboxylic acids is 1. The summed E-state index contributed by atoms with van der Waals surface area (Å²) in [7, 11) is 4.03. The lowest BCUT2D eigenvalue weighted by molar-refractivity contribution is -0.139. The zero-order valence-electron chi connectivity index (χ0n) is 47.9. The average Bonchev–Trinajstić information content (AvgIpc) is 3.68. The number of hydrogen-bond donors (Lipinski definition) is 13. The molecule has 18 N–H and O–H groups in total. The predicted octanol–water partition coefficient (Wildman–Crippen LogP) is 3.58. The van der Waals surface area contributed by atoms with Crippen LogP contribution in [-0.2, 0) is 24.0 Å². The van der Waals surface area contributed by atoms with Crippen LogP contribution in [0.1, 0.15) is 125 Å². The highest BCUT2D eigenvalue weighted by Crippen LogP contribution is 2.28. The van der Waals surface area contributed by atoms with E-state index in [2.05, 4.69) is 37.2 Å². The minimum atomic E-state index is -1.31. The van der Waals surface area contributed by atoms with Crippen molar-refractivity contribution in [2.45, 2.75) is 102 Å². The van der Waals surface area contributed by atoms with Crippen molar-refractivity contribution in [1.82, 2.24) is 16.0 Å². The molecule has 0 bridgehead atoms. The zero-order valence-corrected chi connectivity index (χ0v) is 47.9. The quantitative estimate of drug-likeness (QED) is 0.0287. The summed E-state index contributed by atoms with van der Waals surface area (Å²) in [5.41, 5.74) is 28.8. The molecule has 0 unspecified atom stereocenters. The van der Waals surface area contributed by atoms with E-state index in [-0.39, 0.29) is 106 Å². The van der Waals surface area contributed by atoms with Crippen LogP contribution in [0.25, 0.3) is 0 Å². The first-order valence-corrected chi connectivity index (χ1v) is 27.6. The van der Waals surface area contributed by atoms with Crippen molar-refractivity contribution >= 4 is 76.0 Å². The molecule has 0 heterocycles. The number of carbonyl (C=O) groups excluding carboxylic acids is 8. The molecule has 456 valence electrons. The van der Waals surface area contributed by atoms with E-state index in [0.717, 1.165) is 12.8 Å². The second kappa shape index (κ2) is 35.2. The highest BCUT2D eigenvalue weighted by atomic mass is 16.5. The number of nitrogens with one attached hydrogen (secondary N) is 7. The number of carboxylic acid groups (broad SMARTS) is 1. The molecule has 0 aliphatic carbocycles. The predicted molar refractivity (Wildman–Crippen MR) is 316 cm³/mol. The molecule has 0 radical (unpaired) electrons. The number of rotatable bonds is 37. The molecule has 4 aromatic rings. The lowest BCUT2D eigenvalue weighted by atomic mass is 10.0. The van der Waals surface area contributed by atoms with Gasteiger partial charge in [-0.1, -0.05) is 13.3 Å². The molecule has 0 saturated carbocycles. The van der Waals surface area contributed by atoms with E-state index in [4.69, 9.17) is 47.6 Å². The van der Waals surface area contributed by atoms with Crippen molar-refractivity contribution < 1.29 is 67.2 Å². The molecule has 0 fully saturated rings. The van der Waals surface area contributed by atoms with E-state index in [0.29, 0.717) is 64.6 Å². The van der Waals surface area contributed by atoms with E-state index in [1.165, 1.54) is 94.1 Å². The minimum absolute atomic E-state index is 0.0264. The second-order valence-corrected chi connectivity index (χ2v) is 19.6. The summed E-state index contributed by atoms with van der Waals surface area (Å²) >= 11 is 0. The fourth-order valence-electron chi connectivity index (χ4n) is 8.63. The topological polar surface area (TPSA) is 425 Å². The van der Waals surface area contributed by atoms with E-state index in [9.17, 15) is 48.3 Å². The zero-order chi connectivity index (χ0) is 61.7. The van der Waals surface area contributed by atoms with Crippen LogP contribution in [0.2, 0.25) is 0 Å². The van der Waals surface area contributed by atoms with Gasteiger partial charge in [0.1, 0.15) is 41.1 Å². The summed E-state index contributed by atoms with van der Waals surface area (Å²) in [5.74, 6) is -6.87. The van der Waals surface area contributed by atoms with Crippen LogP contribution < -0.4 is 84.8 Å². The summed E-state index contributed by atoms with van der Waals surface area (Å²) in [4.78, 5) is 121. The number of methoxy groups -OCH3 is 3. The molecular formula is C58H80N12O14. The third-order valence-corrected chi connectivity index (χ3v) is 13.2. The fourth-order valence-corrected chi connectivity index (χ4v) is 8.63. The Hall–Kier alpha value is -8.85. The van der Waals surface area contributed by atoms with Crippen molar-refractivity contribution in [3.63, 3.8) is 0 Å². The third-order valence-electron chi connectivity index (χ3n) is 13.2. The Morgan fingerprint density at radius 2 is 0.726 bits per heavy atom. The summed E-state index contributed by atoms with van der Waals surface area (Å²) in [6.45, 7) is 2.37. The highest BCUT2D eigenvalue weighted by Gasteiger charge is 2.29. The van der Waals surface area contributed by atoms with Crippen LogP contribution in [-0.4, -0.2) is 131 Å². The molecule has 0 aliphatic rings. The largest absolute Gasteiger partial charge is 0.496 e. The monoisotopic (exact) mass is 1170 g/mol. The Bertz CT molecular complexity index is 2920. The molecule has 26 heteroatoms. The molecule has 0 aliphatic heterocycles. The van der Waals surface area contributed by atoms with E-state index in [1.807, 2.05) is 0 Å². The van der Waals surface area contributed by atoms with Crippen molar-refractivity contribution in [2.24, 2.45) is 34.6 Å². The van der Waals surface area contributed by atoms with Crippen LogP contribution in [0.5, 0.6) is 23.0 Å². The number of hydrogen-bond acceptors (Lipinski definition) is 17. The smallest absolute Gasteiger partial charge is 0.341 e. The van der Waals surface area contributed by atoms with E-state index >= 15 is 0 Å². The lowest BCUT2D eigenvalue weighted by Crippen LogP contribution is -2.44. The van der Waals surface area contributed by atoms with Gasteiger partial charge in [0.15, 0.2) is 6.61 Å². The molecule has 84 heavy (non-hydrogen) atoms. The molecule has 0 saturated heterocycles. The Labute approximate surface area is 487 Å². The third kappa shape index (κ3) is 21.2. The van der Waals surface area contributed by atoms with Crippen molar-refractivity contribution in [3.05, 3.63) is 95.1 Å². The Kier molecular flexibility index (Phi) is 28.4. The minimum Gasteiger partial charge on any atom is -0.496 e. The lowest BCUT2D eigenvalue weighted by Gasteiger charge is -2.22. The van der Waals surface area contributed by atoms with Gasteiger partial charge < -0.3 is 89.9 Å². The highest BCUT2D eigenvalue weighted by molar-refractivity contribution is 6.07. The van der Waals surface area contributed by atoms with Gasteiger partial charge >= 0.3 is 5.97 Å². The van der Waals surface area contributed by atoms with Gasteiger partial charge in [0, 0.05) is 28.7 Å². The van der Waals surface area contributed by atoms with Crippen molar-refractivity contribution in [3.8, 4) is 23.0 Å². The van der Waals surface area contributed by atoms with E-state index in [1.54, 1.807) is 6.92 Å². The standard InChI is InChI=1S/C58H80N12O14/c1-34(13-5-9-25-59)52(74)64-36-20-24-49(84-33-50(71)72)42(32-36)55(77)70-45(16-8-12-28-62)58(80)67-38-19-23-48(83-4)41(31-38)54(76)69-44(15-7-11-27-61)57(79)66-37-18-22-47(82-3)40(30-37)53(75)68-43(14-6-10-26-60)56(78)65-35-17-21-46(81-2)39(29-35)51(63)73/h17-24,29-32,34,43-45H,5-16,25-28,33,59-62H2,1-4H3,(H2,63,73)(H,64,74)(H,65,78)(H,66,79)(H,67,80)(H,68,75)(H,69,76)(H,70,77)(H,71,72)/t34-,43-,44-,45-/m0/s1. The Morgan fingerprint density at radius 1 is 0.429 bits per heavy atom. The first kappa shape index (κ1) is 67.7. The SMILES string of the molecule is COc1ccc(NC(=O)[C@H](CCCCN)NC(=O)c2cc(NC(=O)[C@H](CCCCN)NC(=O)c3cc(NC(=O)[C@H](CCCCN)NC(=O)c4cc(NC(=O)[C@@H](C)CCCCN)ccc4OCC(=O)O)ccc3OC)ccc2OC)cc1C(N)=O. The number of carbonyl (C=O) groups is 9. The number of primary amides is 1. The van der Waals surface area contributed by atoms with Gasteiger partial charge in [0.2, 0.25) is 23.6 Å². The van der Waals surface area contributed by atoms with Gasteiger partial charge in [0.25, 0.3) is 23.6 Å². The van der Waals surface area contributed by atoms with Gasteiger partial charge in [-0.3, -0.25) is 38.4 Å². The number of amides is 8. The first-order chi connectivity index (χ1) is 40.3. The van der Waals surface area contributed by atoms with Crippen molar-refractivity contribution in [2.75, 3.05) is 75.4 Å². The number of anilines is 4. The molecule has 4 aromatic carbocycles. The number of ether oxygens (including phenoxy) is 4. The molecule has 4 rings (SSSR count). The van der Waals surface area contributed by atoms with Gasteiger partial charge in [-0.05, 0) is 170 Å². The average molecular weight is 1170 g/mol. The Balaban J connectivity index is 1.57. The summed E-state index contributed by atoms with van der Waals surface area (Å²) in [6, 6.07) is 13.4. The second-order valence-electron chi connectivity index (χ2n) is 19.6. The summed E-state index contributed by atoms with van der Waals surface area (Å²) in [5, 5.41) is 28.6. The van der Waals surface area contributed by atoms with Crippen LogP contribution in [0, 0.1) is 5.92 Å². The summed E-state index contributed by atoms with van der Waals surface area (Å²) < 4.78 is 21.7. The number of aliphatic carboxylic acids is 1. The number of benzene rings is 4. The molecule has 0 spiro atoms. The number of nitrogens with two attached hydrogens (primary N) is 5. The van der Waals surface area contributed by atoms with Crippen LogP contribution in [0.3, 0.4) is 0 Å². The van der Waals surface area contributed by atoms with Gasteiger partial charge in [-0.25, -0.2) is 4.79 Å². The Morgan fingerprint density at radius 3 is 1.05 bits per heavy atom. The number of unbranched alkanes of at least 4 members (excludes halogenated alkanes) is 4.